The summed E-state index contributed by atoms with van der Waals surface area (Å²) < 4.78 is 23.9. The number of para-hydroxylation sites is 1. The van der Waals surface area contributed by atoms with Crippen LogP contribution >= 0.6 is 0 Å². The number of amides is 1. The largest absolute Gasteiger partial charge is 0.384 e. The van der Waals surface area contributed by atoms with Gasteiger partial charge in [-0.05, 0) is 25.0 Å². The molecule has 0 bridgehead atoms. The molecule has 1 unspecified atom stereocenters. The number of aliphatic hydroxyl groups is 1. The molecule has 0 aliphatic carbocycles. The Hall–Kier alpha value is -1.84. The van der Waals surface area contributed by atoms with E-state index >= 15 is 0 Å². The van der Waals surface area contributed by atoms with E-state index in [2.05, 4.69) is 17.2 Å². The third-order valence-corrected chi connectivity index (χ3v) is 5.53. The van der Waals surface area contributed by atoms with Crippen molar-refractivity contribution >= 4 is 21.4 Å². The lowest BCUT2D eigenvalue weighted by atomic mass is 10.1. The van der Waals surface area contributed by atoms with E-state index < -0.39 is 21.0 Å². The van der Waals surface area contributed by atoms with Crippen LogP contribution in [-0.2, 0) is 14.6 Å². The van der Waals surface area contributed by atoms with Gasteiger partial charge in [0.1, 0.15) is 11.9 Å². The van der Waals surface area contributed by atoms with Crippen molar-refractivity contribution in [3.8, 4) is 11.8 Å². The Labute approximate surface area is 124 Å². The zero-order valence-electron chi connectivity index (χ0n) is 11.5. The zero-order valence-corrected chi connectivity index (χ0v) is 12.3. The van der Waals surface area contributed by atoms with Crippen LogP contribution < -0.4 is 5.32 Å². The van der Waals surface area contributed by atoms with Crippen LogP contribution in [-0.4, -0.2) is 37.0 Å². The Morgan fingerprint density at radius 3 is 2.81 bits per heavy atom. The van der Waals surface area contributed by atoms with Gasteiger partial charge in [0.25, 0.3) is 0 Å². The van der Waals surface area contributed by atoms with E-state index in [0.717, 1.165) is 6.42 Å². The molecule has 1 amide bonds. The molecule has 112 valence electrons. The summed E-state index contributed by atoms with van der Waals surface area (Å²) in [4.78, 5) is 12.2. The Morgan fingerprint density at radius 1 is 1.33 bits per heavy atom. The number of anilines is 1. The summed E-state index contributed by atoms with van der Waals surface area (Å²) in [5.74, 6) is 4.80. The van der Waals surface area contributed by atoms with Crippen molar-refractivity contribution in [1.29, 1.82) is 0 Å². The monoisotopic (exact) mass is 307 g/mol. The second-order valence-corrected chi connectivity index (χ2v) is 7.15. The van der Waals surface area contributed by atoms with Crippen molar-refractivity contribution in [3.63, 3.8) is 0 Å². The van der Waals surface area contributed by atoms with Crippen LogP contribution in [0, 0.1) is 11.8 Å². The topological polar surface area (TPSA) is 83.5 Å². The molecule has 0 spiro atoms. The molecule has 1 aliphatic rings. The van der Waals surface area contributed by atoms with E-state index in [-0.39, 0.29) is 12.4 Å². The van der Waals surface area contributed by atoms with Gasteiger partial charge < -0.3 is 10.4 Å². The molecule has 5 nitrogen and oxygen atoms in total. The second kappa shape index (κ2) is 6.74. The van der Waals surface area contributed by atoms with Gasteiger partial charge >= 0.3 is 0 Å². The van der Waals surface area contributed by atoms with E-state index in [1.54, 1.807) is 24.3 Å². The van der Waals surface area contributed by atoms with Gasteiger partial charge in [0.05, 0.1) is 11.4 Å². The number of carbonyl (C=O) groups is 1. The highest BCUT2D eigenvalue weighted by molar-refractivity contribution is 7.92. The summed E-state index contributed by atoms with van der Waals surface area (Å²) >= 11 is 0. The fourth-order valence-corrected chi connectivity index (χ4v) is 4.10. The number of rotatable bonds is 2. The van der Waals surface area contributed by atoms with Crippen LogP contribution in [0.4, 0.5) is 5.69 Å². The lowest BCUT2D eigenvalue weighted by Gasteiger charge is -2.21. The average molecular weight is 307 g/mol. The summed E-state index contributed by atoms with van der Waals surface area (Å²) in [5, 5.41) is 10.4. The number of aliphatic hydroxyl groups excluding tert-OH is 1. The van der Waals surface area contributed by atoms with Gasteiger partial charge in [-0.15, -0.1) is 0 Å². The molecule has 1 aliphatic heterocycles. The average Bonchev–Trinajstić information content (AvgIpc) is 2.45. The number of hydrogen-bond donors (Lipinski definition) is 2. The number of sulfone groups is 1. The van der Waals surface area contributed by atoms with Gasteiger partial charge in [0, 0.05) is 5.56 Å². The fraction of sp³-hybridized carbons (Fsp3) is 0.400. The first-order chi connectivity index (χ1) is 10.0. The number of carbonyl (C=O) groups excluding carboxylic acids is 1. The van der Waals surface area contributed by atoms with Crippen LogP contribution in [0.3, 0.4) is 0 Å². The van der Waals surface area contributed by atoms with Crippen LogP contribution in [0.2, 0.25) is 0 Å². The fourth-order valence-electron chi connectivity index (χ4n) is 2.30. The quantitative estimate of drug-likeness (QED) is 0.796. The molecular weight excluding hydrogens is 290 g/mol. The minimum absolute atomic E-state index is 0.0665. The molecule has 0 saturated carbocycles. The van der Waals surface area contributed by atoms with E-state index in [0.29, 0.717) is 24.1 Å². The first kappa shape index (κ1) is 15.5. The van der Waals surface area contributed by atoms with Gasteiger partial charge in [-0.2, -0.15) is 0 Å². The van der Waals surface area contributed by atoms with Crippen molar-refractivity contribution in [2.24, 2.45) is 0 Å². The van der Waals surface area contributed by atoms with E-state index in [1.807, 2.05) is 0 Å². The van der Waals surface area contributed by atoms with Gasteiger partial charge in [-0.25, -0.2) is 8.42 Å². The summed E-state index contributed by atoms with van der Waals surface area (Å²) in [7, 11) is -3.36. The van der Waals surface area contributed by atoms with Crippen LogP contribution in [0.15, 0.2) is 24.3 Å². The van der Waals surface area contributed by atoms with Crippen LogP contribution in [0.5, 0.6) is 0 Å². The Balaban J connectivity index is 2.20. The van der Waals surface area contributed by atoms with E-state index in [9.17, 15) is 13.2 Å². The molecule has 1 atom stereocenters. The molecule has 0 radical (unpaired) electrons. The van der Waals surface area contributed by atoms with Gasteiger partial charge in [0.2, 0.25) is 5.91 Å². The summed E-state index contributed by atoms with van der Waals surface area (Å²) in [5.41, 5.74) is 1.01. The predicted molar refractivity (Wildman–Crippen MR) is 80.5 cm³/mol. The second-order valence-electron chi connectivity index (χ2n) is 4.85. The van der Waals surface area contributed by atoms with E-state index in [4.69, 9.17) is 5.11 Å². The van der Waals surface area contributed by atoms with Gasteiger partial charge in [-0.3, -0.25) is 4.79 Å². The maximum atomic E-state index is 12.2. The molecule has 1 fully saturated rings. The molecular formula is C15H17NO4S. The maximum Gasteiger partial charge on any atom is 0.242 e. The highest BCUT2D eigenvalue weighted by Crippen LogP contribution is 2.22. The molecule has 1 heterocycles. The summed E-state index contributed by atoms with van der Waals surface area (Å²) in [6.07, 6.45) is 1.71. The van der Waals surface area contributed by atoms with Crippen LogP contribution in [0.1, 0.15) is 24.8 Å². The maximum absolute atomic E-state index is 12.2. The molecule has 1 saturated heterocycles. The molecule has 21 heavy (non-hydrogen) atoms. The molecule has 1 aromatic rings. The number of hydrogen-bond acceptors (Lipinski definition) is 4. The van der Waals surface area contributed by atoms with Crippen molar-refractivity contribution in [1.82, 2.24) is 0 Å². The van der Waals surface area contributed by atoms with Crippen molar-refractivity contribution in [3.05, 3.63) is 29.8 Å². The normalized spacial score (nSPS) is 20.1. The number of benzene rings is 1. The van der Waals surface area contributed by atoms with Crippen molar-refractivity contribution < 1.29 is 18.3 Å². The SMILES string of the molecule is O=C(Nc1ccccc1C#CCO)C1CCCCS1(=O)=O. The molecule has 1 aromatic carbocycles. The molecule has 2 N–H and O–H groups in total. The predicted octanol–water partition coefficient (Wildman–Crippen LogP) is 0.936. The van der Waals surface area contributed by atoms with Gasteiger partial charge in [0.15, 0.2) is 9.84 Å². The minimum Gasteiger partial charge on any atom is -0.384 e. The van der Waals surface area contributed by atoms with Crippen molar-refractivity contribution in [2.75, 3.05) is 17.7 Å². The van der Waals surface area contributed by atoms with E-state index in [1.165, 1.54) is 0 Å². The Kier molecular flexibility index (Phi) is 4.99. The third-order valence-electron chi connectivity index (χ3n) is 3.36. The lowest BCUT2D eigenvalue weighted by Crippen LogP contribution is -2.39. The van der Waals surface area contributed by atoms with Crippen LogP contribution in [0.25, 0.3) is 0 Å². The highest BCUT2D eigenvalue weighted by Gasteiger charge is 2.34. The lowest BCUT2D eigenvalue weighted by molar-refractivity contribution is -0.116. The zero-order chi connectivity index (χ0) is 15.3. The molecule has 6 heteroatoms. The summed E-state index contributed by atoms with van der Waals surface area (Å²) in [6.45, 7) is -0.278. The molecule has 2 rings (SSSR count). The Bertz CT molecular complexity index is 685. The first-order valence-corrected chi connectivity index (χ1v) is 8.47. The third kappa shape index (κ3) is 3.84. The highest BCUT2D eigenvalue weighted by atomic mass is 32.2. The Morgan fingerprint density at radius 2 is 2.10 bits per heavy atom. The minimum atomic E-state index is -3.36. The van der Waals surface area contributed by atoms with Gasteiger partial charge in [-0.1, -0.05) is 30.4 Å². The first-order valence-electron chi connectivity index (χ1n) is 6.76. The number of nitrogens with one attached hydrogen (secondary N) is 1. The standard InChI is InChI=1S/C15H17NO4S/c17-10-5-7-12-6-1-2-8-13(12)16-15(18)14-9-3-4-11-21(14,19)20/h1-2,6,8,14,17H,3-4,9-11H2,(H,16,18). The smallest absolute Gasteiger partial charge is 0.242 e. The molecule has 0 aromatic heterocycles. The summed E-state index contributed by atoms with van der Waals surface area (Å²) in [6, 6.07) is 6.85. The van der Waals surface area contributed by atoms with Crippen molar-refractivity contribution in [2.45, 2.75) is 24.5 Å².